The van der Waals surface area contributed by atoms with E-state index >= 15 is 0 Å². The highest BCUT2D eigenvalue weighted by molar-refractivity contribution is 7.89. The zero-order valence-electron chi connectivity index (χ0n) is 8.62. The van der Waals surface area contributed by atoms with Gasteiger partial charge in [0.25, 0.3) is 10.0 Å². The van der Waals surface area contributed by atoms with Crippen LogP contribution >= 0.6 is 11.6 Å². The van der Waals surface area contributed by atoms with E-state index in [4.69, 9.17) is 11.6 Å². The number of alkyl halides is 1. The summed E-state index contributed by atoms with van der Waals surface area (Å²) < 4.78 is 25.6. The topological polar surface area (TPSA) is 74.8 Å². The molecular formula is C8H14ClN3O2S. The molecule has 0 saturated carbocycles. The van der Waals surface area contributed by atoms with E-state index in [-0.39, 0.29) is 10.4 Å². The van der Waals surface area contributed by atoms with Crippen LogP contribution in [0.2, 0.25) is 0 Å². The summed E-state index contributed by atoms with van der Waals surface area (Å²) in [6.45, 7) is 3.83. The lowest BCUT2D eigenvalue weighted by Crippen LogP contribution is -2.26. The first kappa shape index (κ1) is 12.5. The molecule has 2 N–H and O–H groups in total. The van der Waals surface area contributed by atoms with E-state index in [0.29, 0.717) is 18.8 Å². The molecule has 1 unspecified atom stereocenters. The second-order valence-corrected chi connectivity index (χ2v) is 5.78. The molecule has 0 saturated heterocycles. The molecule has 1 heterocycles. The minimum Gasteiger partial charge on any atom is -0.332 e. The van der Waals surface area contributed by atoms with Crippen LogP contribution in [0.1, 0.15) is 19.2 Å². The third kappa shape index (κ3) is 3.81. The van der Waals surface area contributed by atoms with Gasteiger partial charge in [0.2, 0.25) is 0 Å². The summed E-state index contributed by atoms with van der Waals surface area (Å²) in [5.41, 5.74) is 0. The minimum absolute atomic E-state index is 0.0452. The number of halogens is 1. The molecule has 0 aliphatic carbocycles. The van der Waals surface area contributed by atoms with Gasteiger partial charge in [0.15, 0.2) is 5.03 Å². The number of nitrogens with one attached hydrogen (secondary N) is 2. The fourth-order valence-corrected chi connectivity index (χ4v) is 2.13. The van der Waals surface area contributed by atoms with E-state index in [9.17, 15) is 8.42 Å². The van der Waals surface area contributed by atoms with Crippen LogP contribution in [0.5, 0.6) is 0 Å². The van der Waals surface area contributed by atoms with Crippen molar-refractivity contribution in [2.24, 2.45) is 0 Å². The van der Waals surface area contributed by atoms with Crippen molar-refractivity contribution in [2.45, 2.75) is 30.7 Å². The van der Waals surface area contributed by atoms with Crippen LogP contribution < -0.4 is 4.72 Å². The zero-order valence-corrected chi connectivity index (χ0v) is 10.2. The molecule has 0 aliphatic heterocycles. The van der Waals surface area contributed by atoms with E-state index in [1.54, 1.807) is 6.92 Å². The Morgan fingerprint density at radius 1 is 1.67 bits per heavy atom. The maximum Gasteiger partial charge on any atom is 0.257 e. The highest BCUT2D eigenvalue weighted by atomic mass is 35.5. The van der Waals surface area contributed by atoms with Crippen LogP contribution in [0.25, 0.3) is 0 Å². The standard InChI is InChI=1S/C8H14ClN3O2S/c1-6(9)3-4-11-15(13,14)8-5-10-7(2)12-8/h5-6,11H,3-4H2,1-2H3,(H,10,12). The number of rotatable bonds is 5. The second kappa shape index (κ2) is 4.96. The van der Waals surface area contributed by atoms with Crippen molar-refractivity contribution in [3.8, 4) is 0 Å². The quantitative estimate of drug-likeness (QED) is 0.767. The molecule has 0 spiro atoms. The minimum atomic E-state index is -3.46. The van der Waals surface area contributed by atoms with Crippen molar-refractivity contribution in [2.75, 3.05) is 6.54 Å². The molecule has 1 atom stereocenters. The molecule has 15 heavy (non-hydrogen) atoms. The predicted molar refractivity (Wildman–Crippen MR) is 58.4 cm³/mol. The maximum absolute atomic E-state index is 11.6. The number of hydrogen-bond acceptors (Lipinski definition) is 3. The van der Waals surface area contributed by atoms with Gasteiger partial charge in [0, 0.05) is 11.9 Å². The molecule has 5 nitrogen and oxygen atoms in total. The van der Waals surface area contributed by atoms with Gasteiger partial charge >= 0.3 is 0 Å². The first-order chi connectivity index (χ1) is 6.92. The third-order valence-corrected chi connectivity index (χ3v) is 3.39. The highest BCUT2D eigenvalue weighted by Crippen LogP contribution is 2.05. The Balaban J connectivity index is 2.60. The average molecular weight is 252 g/mol. The predicted octanol–water partition coefficient (Wildman–Crippen LogP) is 1.01. The fourth-order valence-electron chi connectivity index (χ4n) is 1.00. The van der Waals surface area contributed by atoms with Crippen molar-refractivity contribution in [3.05, 3.63) is 12.0 Å². The van der Waals surface area contributed by atoms with Crippen molar-refractivity contribution >= 4 is 21.6 Å². The molecule has 1 rings (SSSR count). The van der Waals surface area contributed by atoms with E-state index in [0.717, 1.165) is 0 Å². The van der Waals surface area contributed by atoms with Crippen LogP contribution in [0.3, 0.4) is 0 Å². The lowest BCUT2D eigenvalue weighted by molar-refractivity contribution is 0.575. The van der Waals surface area contributed by atoms with Crippen molar-refractivity contribution in [1.29, 1.82) is 0 Å². The van der Waals surface area contributed by atoms with Crippen LogP contribution in [-0.4, -0.2) is 30.3 Å². The molecule has 0 aliphatic rings. The lowest BCUT2D eigenvalue weighted by atomic mass is 10.3. The van der Waals surface area contributed by atoms with Gasteiger partial charge < -0.3 is 4.98 Å². The Morgan fingerprint density at radius 3 is 2.80 bits per heavy atom. The van der Waals surface area contributed by atoms with Crippen LogP contribution in [0.15, 0.2) is 11.2 Å². The Morgan fingerprint density at radius 2 is 2.33 bits per heavy atom. The Kier molecular flexibility index (Phi) is 4.12. The number of nitrogens with zero attached hydrogens (tertiary/aromatic N) is 1. The summed E-state index contributed by atoms with van der Waals surface area (Å²) >= 11 is 5.70. The van der Waals surface area contributed by atoms with Gasteiger partial charge in [-0.1, -0.05) is 0 Å². The monoisotopic (exact) mass is 251 g/mol. The van der Waals surface area contributed by atoms with Crippen molar-refractivity contribution < 1.29 is 8.42 Å². The van der Waals surface area contributed by atoms with E-state index in [1.165, 1.54) is 6.20 Å². The molecule has 1 aromatic heterocycles. The number of H-pyrrole nitrogens is 1. The van der Waals surface area contributed by atoms with Gasteiger partial charge in [0.1, 0.15) is 5.82 Å². The van der Waals surface area contributed by atoms with Gasteiger partial charge in [-0.15, -0.1) is 11.6 Å². The van der Waals surface area contributed by atoms with Gasteiger partial charge in [-0.2, -0.15) is 0 Å². The van der Waals surface area contributed by atoms with E-state index in [2.05, 4.69) is 14.7 Å². The van der Waals surface area contributed by atoms with Gasteiger partial charge in [-0.25, -0.2) is 18.1 Å². The summed E-state index contributed by atoms with van der Waals surface area (Å²) in [7, 11) is -3.46. The highest BCUT2D eigenvalue weighted by Gasteiger charge is 2.15. The first-order valence-electron chi connectivity index (χ1n) is 4.57. The van der Waals surface area contributed by atoms with Gasteiger partial charge in [0.05, 0.1) is 6.20 Å². The lowest BCUT2D eigenvalue weighted by Gasteiger charge is -2.05. The van der Waals surface area contributed by atoms with E-state index in [1.807, 2.05) is 6.92 Å². The number of aryl methyl sites for hydroxylation is 1. The summed E-state index contributed by atoms with van der Waals surface area (Å²) in [5, 5.41) is 0.0402. The molecule has 1 aromatic rings. The van der Waals surface area contributed by atoms with Gasteiger partial charge in [-0.3, -0.25) is 0 Å². The number of sulfonamides is 1. The largest absolute Gasteiger partial charge is 0.332 e. The summed E-state index contributed by atoms with van der Waals surface area (Å²) in [6, 6.07) is 0. The smallest absolute Gasteiger partial charge is 0.257 e. The molecule has 0 radical (unpaired) electrons. The Labute approximate surface area is 94.3 Å². The molecule has 0 amide bonds. The van der Waals surface area contributed by atoms with E-state index < -0.39 is 10.0 Å². The third-order valence-electron chi connectivity index (χ3n) is 1.80. The molecule has 0 fully saturated rings. The number of aromatic amines is 1. The maximum atomic E-state index is 11.6. The Bertz CT molecular complexity index is 413. The second-order valence-electron chi connectivity index (χ2n) is 3.30. The SMILES string of the molecule is Cc1ncc(S(=O)(=O)NCCC(C)Cl)[nH]1. The van der Waals surface area contributed by atoms with Crippen LogP contribution in [-0.2, 0) is 10.0 Å². The molecule has 86 valence electrons. The summed E-state index contributed by atoms with van der Waals surface area (Å²) in [4.78, 5) is 6.49. The van der Waals surface area contributed by atoms with Gasteiger partial charge in [-0.05, 0) is 20.3 Å². The molecule has 7 heteroatoms. The molecular weight excluding hydrogens is 238 g/mol. The molecule has 0 bridgehead atoms. The number of aromatic nitrogens is 2. The van der Waals surface area contributed by atoms with Crippen molar-refractivity contribution in [1.82, 2.24) is 14.7 Å². The zero-order chi connectivity index (χ0) is 11.5. The van der Waals surface area contributed by atoms with Crippen molar-refractivity contribution in [3.63, 3.8) is 0 Å². The van der Waals surface area contributed by atoms with Crippen LogP contribution in [0.4, 0.5) is 0 Å². The fraction of sp³-hybridized carbons (Fsp3) is 0.625. The molecule has 0 aromatic carbocycles. The number of hydrogen-bond donors (Lipinski definition) is 2. The van der Waals surface area contributed by atoms with Crippen LogP contribution in [0, 0.1) is 6.92 Å². The normalized spacial score (nSPS) is 14.1. The summed E-state index contributed by atoms with van der Waals surface area (Å²) in [6.07, 6.45) is 1.88. The summed E-state index contributed by atoms with van der Waals surface area (Å²) in [5.74, 6) is 0.570. The average Bonchev–Trinajstić information content (AvgIpc) is 2.51. The Hall–Kier alpha value is -0.590. The first-order valence-corrected chi connectivity index (χ1v) is 6.49. The number of imidazole rings is 1.